The summed E-state index contributed by atoms with van der Waals surface area (Å²) in [7, 11) is 0. The Labute approximate surface area is 160 Å². The van der Waals surface area contributed by atoms with Gasteiger partial charge in [0.25, 0.3) is 0 Å². The predicted molar refractivity (Wildman–Crippen MR) is 106 cm³/mol. The minimum Gasteiger partial charge on any atom is -0.354 e. The number of nitrogens with zero attached hydrogens (tertiary/aromatic N) is 7. The molecular formula is C16H19IN8. The van der Waals surface area contributed by atoms with E-state index in [1.807, 2.05) is 28.0 Å². The van der Waals surface area contributed by atoms with Gasteiger partial charge in [-0.1, -0.05) is 6.58 Å². The van der Waals surface area contributed by atoms with Crippen molar-refractivity contribution >= 4 is 40.2 Å². The largest absolute Gasteiger partial charge is 0.354 e. The standard InChI is InChI=1S/C16H19IN8/c1-12-9-22(5-6-24(12)17)15-7-16(20-10-19-15)25-13(2)14(8-21-25)23-4-3-18-11-23/h3-4,7-8,10-12,21H,2,5-6,9H2,1H3. The van der Waals surface area contributed by atoms with Gasteiger partial charge in [-0.05, 0) is 6.92 Å². The lowest BCUT2D eigenvalue weighted by Crippen LogP contribution is -2.48. The Kier molecular flexibility index (Phi) is 4.34. The van der Waals surface area contributed by atoms with Crippen molar-refractivity contribution in [2.24, 2.45) is 0 Å². The molecule has 2 aliphatic rings. The summed E-state index contributed by atoms with van der Waals surface area (Å²) < 4.78 is 4.25. The summed E-state index contributed by atoms with van der Waals surface area (Å²) in [5.41, 5.74) is 4.96. The van der Waals surface area contributed by atoms with Crippen molar-refractivity contribution < 1.29 is 0 Å². The Morgan fingerprint density at radius 2 is 2.12 bits per heavy atom. The van der Waals surface area contributed by atoms with Crippen LogP contribution in [0.1, 0.15) is 6.92 Å². The maximum absolute atomic E-state index is 4.47. The molecule has 0 spiro atoms. The van der Waals surface area contributed by atoms with Crippen LogP contribution < -0.4 is 15.3 Å². The first-order valence-corrected chi connectivity index (χ1v) is 9.03. The molecule has 0 aromatic carbocycles. The molecule has 0 amide bonds. The van der Waals surface area contributed by atoms with Crippen LogP contribution in [0, 0.1) is 0 Å². The highest BCUT2D eigenvalue weighted by molar-refractivity contribution is 14.1. The van der Waals surface area contributed by atoms with Gasteiger partial charge in [0.15, 0.2) is 5.82 Å². The maximum atomic E-state index is 4.47. The van der Waals surface area contributed by atoms with E-state index in [1.54, 1.807) is 18.9 Å². The molecule has 2 aromatic heterocycles. The van der Waals surface area contributed by atoms with E-state index in [2.05, 4.69) is 64.8 Å². The third-order valence-electron chi connectivity index (χ3n) is 4.42. The number of anilines is 2. The van der Waals surface area contributed by atoms with E-state index in [1.165, 1.54) is 0 Å². The second-order valence-electron chi connectivity index (χ2n) is 6.06. The monoisotopic (exact) mass is 450 g/mol. The van der Waals surface area contributed by atoms with Gasteiger partial charge in [0.05, 0.1) is 17.7 Å². The van der Waals surface area contributed by atoms with Crippen LogP contribution in [0.3, 0.4) is 0 Å². The third kappa shape index (κ3) is 3.09. The molecule has 8 nitrogen and oxygen atoms in total. The summed E-state index contributed by atoms with van der Waals surface area (Å²) in [5.74, 6) is 1.71. The number of hydrogen-bond donors (Lipinski definition) is 1. The molecule has 1 atom stereocenters. The smallest absolute Gasteiger partial charge is 0.157 e. The van der Waals surface area contributed by atoms with Crippen LogP contribution in [-0.2, 0) is 0 Å². The first-order chi connectivity index (χ1) is 12.1. The van der Waals surface area contributed by atoms with E-state index in [4.69, 9.17) is 0 Å². The van der Waals surface area contributed by atoms with Crippen molar-refractivity contribution in [1.29, 1.82) is 0 Å². The molecule has 1 fully saturated rings. The van der Waals surface area contributed by atoms with Crippen LogP contribution in [0.2, 0.25) is 0 Å². The summed E-state index contributed by atoms with van der Waals surface area (Å²) in [5, 5.41) is 1.86. The SMILES string of the molecule is C=C1C(n2ccnc2)=CNN1c1cc(N2CCN(I)C(C)C2)ncn1. The second-order valence-corrected chi connectivity index (χ2v) is 7.30. The van der Waals surface area contributed by atoms with Gasteiger partial charge >= 0.3 is 0 Å². The fraction of sp³-hybridized carbons (Fsp3) is 0.312. The minimum absolute atomic E-state index is 0.488. The van der Waals surface area contributed by atoms with Crippen molar-refractivity contribution in [3.05, 3.63) is 49.6 Å². The zero-order valence-electron chi connectivity index (χ0n) is 13.9. The van der Waals surface area contributed by atoms with Crippen LogP contribution in [-0.4, -0.2) is 48.3 Å². The van der Waals surface area contributed by atoms with E-state index in [0.29, 0.717) is 6.04 Å². The molecule has 9 heteroatoms. The summed E-state index contributed by atoms with van der Waals surface area (Å²) >= 11 is 2.39. The molecule has 0 aliphatic carbocycles. The van der Waals surface area contributed by atoms with Gasteiger partial charge in [0.2, 0.25) is 0 Å². The summed E-state index contributed by atoms with van der Waals surface area (Å²) in [6, 6.07) is 2.49. The van der Waals surface area contributed by atoms with Gasteiger partial charge in [0, 0.05) is 73.2 Å². The summed E-state index contributed by atoms with van der Waals surface area (Å²) in [4.78, 5) is 15.3. The molecule has 0 saturated carbocycles. The van der Waals surface area contributed by atoms with Crippen LogP contribution in [0.5, 0.6) is 0 Å². The van der Waals surface area contributed by atoms with E-state index >= 15 is 0 Å². The normalized spacial score (nSPS) is 21.4. The molecule has 1 unspecified atom stereocenters. The van der Waals surface area contributed by atoms with Crippen molar-refractivity contribution in [1.82, 2.24) is 28.1 Å². The van der Waals surface area contributed by atoms with E-state index < -0.39 is 0 Å². The fourth-order valence-corrected chi connectivity index (χ4v) is 3.40. The average molecular weight is 450 g/mol. The predicted octanol–water partition coefficient (Wildman–Crippen LogP) is 1.87. The van der Waals surface area contributed by atoms with E-state index in [0.717, 1.165) is 42.7 Å². The first kappa shape index (κ1) is 16.3. The molecule has 4 rings (SSSR count). The summed E-state index contributed by atoms with van der Waals surface area (Å²) in [6.07, 6.45) is 8.88. The molecular weight excluding hydrogens is 431 g/mol. The number of rotatable bonds is 3. The minimum atomic E-state index is 0.488. The Balaban J connectivity index is 1.54. The van der Waals surface area contributed by atoms with Crippen LogP contribution in [0.25, 0.3) is 5.70 Å². The van der Waals surface area contributed by atoms with Crippen LogP contribution in [0.15, 0.2) is 49.6 Å². The van der Waals surface area contributed by atoms with E-state index in [9.17, 15) is 0 Å². The van der Waals surface area contributed by atoms with Gasteiger partial charge in [-0.15, -0.1) is 0 Å². The average Bonchev–Trinajstić information content (AvgIpc) is 3.27. The van der Waals surface area contributed by atoms with Crippen molar-refractivity contribution in [3.63, 3.8) is 0 Å². The fourth-order valence-electron chi connectivity index (χ4n) is 3.01. The lowest BCUT2D eigenvalue weighted by Gasteiger charge is -2.37. The number of halogens is 1. The number of hydrazine groups is 1. The number of hydrogen-bond acceptors (Lipinski definition) is 7. The lowest BCUT2D eigenvalue weighted by atomic mass is 10.2. The van der Waals surface area contributed by atoms with Gasteiger partial charge in [-0.3, -0.25) is 5.43 Å². The number of allylic oxidation sites excluding steroid dienone is 1. The molecule has 1 N–H and O–H groups in total. The molecule has 2 aliphatic heterocycles. The molecule has 25 heavy (non-hydrogen) atoms. The zero-order chi connectivity index (χ0) is 17.4. The zero-order valence-corrected chi connectivity index (χ0v) is 16.0. The maximum Gasteiger partial charge on any atom is 0.157 e. The third-order valence-corrected chi connectivity index (χ3v) is 5.85. The highest BCUT2D eigenvalue weighted by atomic mass is 127. The highest BCUT2D eigenvalue weighted by Crippen LogP contribution is 2.28. The summed E-state index contributed by atoms with van der Waals surface area (Å²) in [6.45, 7) is 9.33. The van der Waals surface area contributed by atoms with Gasteiger partial charge in [-0.2, -0.15) is 0 Å². The van der Waals surface area contributed by atoms with Crippen LogP contribution >= 0.6 is 22.9 Å². The second kappa shape index (κ2) is 6.64. The molecule has 0 bridgehead atoms. The molecule has 1 saturated heterocycles. The Hall–Kier alpha value is -2.14. The van der Waals surface area contributed by atoms with Crippen molar-refractivity contribution in [3.8, 4) is 0 Å². The quantitative estimate of drug-likeness (QED) is 0.566. The first-order valence-electron chi connectivity index (χ1n) is 8.07. The molecule has 4 heterocycles. The van der Waals surface area contributed by atoms with Gasteiger partial charge < -0.3 is 9.47 Å². The van der Waals surface area contributed by atoms with E-state index in [-0.39, 0.29) is 0 Å². The number of piperazine rings is 1. The Morgan fingerprint density at radius 1 is 1.28 bits per heavy atom. The van der Waals surface area contributed by atoms with Gasteiger partial charge in [0.1, 0.15) is 12.1 Å². The molecule has 2 aromatic rings. The van der Waals surface area contributed by atoms with Crippen molar-refractivity contribution in [2.45, 2.75) is 13.0 Å². The number of aromatic nitrogens is 4. The number of nitrogens with one attached hydrogen (secondary N) is 1. The van der Waals surface area contributed by atoms with Crippen LogP contribution in [0.4, 0.5) is 11.6 Å². The van der Waals surface area contributed by atoms with Crippen molar-refractivity contribution in [2.75, 3.05) is 29.5 Å². The molecule has 0 radical (unpaired) electrons. The number of imidazole rings is 1. The Morgan fingerprint density at radius 3 is 2.88 bits per heavy atom. The Bertz CT molecular complexity index is 802. The highest BCUT2D eigenvalue weighted by Gasteiger charge is 2.25. The topological polar surface area (TPSA) is 65.4 Å². The molecule has 130 valence electrons. The van der Waals surface area contributed by atoms with Gasteiger partial charge in [-0.25, -0.2) is 23.1 Å². The lowest BCUT2D eigenvalue weighted by molar-refractivity contribution is 0.362.